The Bertz CT molecular complexity index is 108. The summed E-state index contributed by atoms with van der Waals surface area (Å²) in [7, 11) is 0. The third kappa shape index (κ3) is 10.8. The molecule has 0 aliphatic carbocycles. The molecule has 0 atom stereocenters. The van der Waals surface area contributed by atoms with Gasteiger partial charge in [-0.1, -0.05) is 33.2 Å². The van der Waals surface area contributed by atoms with E-state index in [1.54, 1.807) is 0 Å². The van der Waals surface area contributed by atoms with Crippen molar-refractivity contribution in [1.29, 1.82) is 0 Å². The zero-order valence-corrected chi connectivity index (χ0v) is 8.36. The van der Waals surface area contributed by atoms with Crippen LogP contribution in [-0.4, -0.2) is 19.0 Å². The maximum atomic E-state index is 11.4. The maximum absolute atomic E-state index is 11.4. The molecule has 0 heterocycles. The number of rotatable bonds is 3. The van der Waals surface area contributed by atoms with Crippen LogP contribution < -0.4 is 0 Å². The first-order valence-electron chi connectivity index (χ1n) is 2.48. The molecule has 0 aliphatic rings. The highest BCUT2D eigenvalue weighted by Gasteiger charge is 2.32. The molecule has 0 saturated heterocycles. The lowest BCUT2D eigenvalue weighted by Gasteiger charge is -2.10. The number of halogens is 6. The van der Waals surface area contributed by atoms with Gasteiger partial charge in [-0.25, -0.2) is 0 Å². The summed E-state index contributed by atoms with van der Waals surface area (Å²) in [5, 5.41) is 0. The van der Waals surface area contributed by atoms with Gasteiger partial charge in [-0.15, -0.1) is 0 Å². The molecule has 0 bridgehead atoms. The van der Waals surface area contributed by atoms with Gasteiger partial charge >= 0.3 is 12.4 Å². The average molecular weight is 248 g/mol. The van der Waals surface area contributed by atoms with E-state index in [0.717, 1.165) is 0 Å². The van der Waals surface area contributed by atoms with E-state index in [0.29, 0.717) is 0 Å². The van der Waals surface area contributed by atoms with Crippen molar-refractivity contribution in [2.24, 2.45) is 0 Å². The Kier molecular flexibility index (Phi) is 4.50. The van der Waals surface area contributed by atoms with Crippen LogP contribution in [0.25, 0.3) is 0 Å². The molecule has 0 saturated carbocycles. The molecule has 0 aromatic rings. The van der Waals surface area contributed by atoms with Crippen LogP contribution in [-0.2, 0) is 4.43 Å². The highest BCUT2D eigenvalue weighted by atomic mass is 35.8. The van der Waals surface area contributed by atoms with E-state index in [4.69, 9.17) is 33.2 Å². The molecule has 0 aromatic carbocycles. The van der Waals surface area contributed by atoms with Crippen LogP contribution in [0.5, 0.6) is 0 Å². The van der Waals surface area contributed by atoms with E-state index in [1.807, 2.05) is 0 Å². The predicted molar refractivity (Wildman–Crippen MR) is 39.9 cm³/mol. The molecule has 68 valence electrons. The Morgan fingerprint density at radius 3 is 1.91 bits per heavy atom. The van der Waals surface area contributed by atoms with Gasteiger partial charge in [0.2, 0.25) is 0 Å². The van der Waals surface area contributed by atoms with E-state index in [9.17, 15) is 13.2 Å². The molecule has 1 nitrogen and oxygen atoms in total. The van der Waals surface area contributed by atoms with Crippen molar-refractivity contribution in [2.45, 2.75) is 12.6 Å². The summed E-state index contributed by atoms with van der Waals surface area (Å²) < 4.78 is 38.6. The summed E-state index contributed by atoms with van der Waals surface area (Å²) in [6, 6.07) is 0. The van der Waals surface area contributed by atoms with Crippen LogP contribution in [0.2, 0.25) is 0 Å². The van der Waals surface area contributed by atoms with Gasteiger partial charge in [0.1, 0.15) is 0 Å². The summed E-state index contributed by atoms with van der Waals surface area (Å²) in [5.74, 6) is 0. The molecule has 0 aliphatic heterocycles. The Balaban J connectivity index is 3.44. The first-order valence-corrected chi connectivity index (χ1v) is 7.42. The van der Waals surface area contributed by atoms with Gasteiger partial charge in [0.15, 0.2) is 0 Å². The second-order valence-electron chi connectivity index (χ2n) is 1.66. The lowest BCUT2D eigenvalue weighted by atomic mass is 10.5. The minimum Gasteiger partial charge on any atom is -0.381 e. The van der Waals surface area contributed by atoms with Gasteiger partial charge in [-0.05, 0) is 0 Å². The number of alkyl halides is 3. The summed E-state index contributed by atoms with van der Waals surface area (Å²) in [6.45, 7) is -0.591. The van der Waals surface area contributed by atoms with E-state index in [2.05, 4.69) is 4.43 Å². The Morgan fingerprint density at radius 2 is 1.64 bits per heavy atom. The third-order valence-corrected chi connectivity index (χ3v) is 2.16. The van der Waals surface area contributed by atoms with Gasteiger partial charge in [0.05, 0.1) is 6.42 Å². The van der Waals surface area contributed by atoms with Crippen molar-refractivity contribution in [3.63, 3.8) is 0 Å². The third-order valence-electron chi connectivity index (χ3n) is 0.651. The quantitative estimate of drug-likeness (QED) is 0.550. The zero-order chi connectivity index (χ0) is 9.12. The second-order valence-corrected chi connectivity index (χ2v) is 9.37. The summed E-state index contributed by atoms with van der Waals surface area (Å²) in [6.07, 6.45) is -8.69. The van der Waals surface area contributed by atoms with E-state index >= 15 is 0 Å². The highest BCUT2D eigenvalue weighted by Crippen LogP contribution is 2.24. The van der Waals surface area contributed by atoms with Gasteiger partial charge in [0, 0.05) is 6.61 Å². The van der Waals surface area contributed by atoms with E-state index in [1.165, 1.54) is 0 Å². The second kappa shape index (κ2) is 4.18. The molecule has 0 spiro atoms. The molecule has 0 radical (unpaired) electrons. The molecular formula is C3H4Cl3F3OSi. The average Bonchev–Trinajstić information content (AvgIpc) is 1.55. The summed E-state index contributed by atoms with van der Waals surface area (Å²) in [5.41, 5.74) is 0. The number of hydrogen-bond acceptors (Lipinski definition) is 1. The van der Waals surface area contributed by atoms with Gasteiger partial charge in [-0.2, -0.15) is 13.2 Å². The van der Waals surface area contributed by atoms with Crippen molar-refractivity contribution in [3.05, 3.63) is 0 Å². The minimum atomic E-state index is -4.26. The van der Waals surface area contributed by atoms with Crippen LogP contribution in [0.3, 0.4) is 0 Å². The van der Waals surface area contributed by atoms with Crippen molar-refractivity contribution >= 4 is 39.5 Å². The lowest BCUT2D eigenvalue weighted by molar-refractivity contribution is -0.139. The molecular weight excluding hydrogens is 243 g/mol. The van der Waals surface area contributed by atoms with Crippen molar-refractivity contribution in [1.82, 2.24) is 0 Å². The Labute approximate surface area is 76.6 Å². The molecule has 0 N–H and O–H groups in total. The smallest absolute Gasteiger partial charge is 0.381 e. The van der Waals surface area contributed by atoms with Gasteiger partial charge in [-0.3, -0.25) is 0 Å². The number of hydrogen-bond donors (Lipinski definition) is 0. The molecule has 0 unspecified atom stereocenters. The summed E-state index contributed by atoms with van der Waals surface area (Å²) >= 11 is 15.4. The van der Waals surface area contributed by atoms with Gasteiger partial charge in [0.25, 0.3) is 0 Å². The lowest BCUT2D eigenvalue weighted by Crippen LogP contribution is -2.20. The predicted octanol–water partition coefficient (Wildman–Crippen LogP) is 3.11. The normalized spacial score (nSPS) is 13.6. The maximum Gasteiger partial charge on any atom is 0.493 e. The first-order chi connectivity index (χ1) is 4.71. The minimum absolute atomic E-state index is 0.591. The Hall–Kier alpha value is 0.837. The zero-order valence-electron chi connectivity index (χ0n) is 5.09. The summed E-state index contributed by atoms with van der Waals surface area (Å²) in [4.78, 5) is 0. The molecule has 11 heavy (non-hydrogen) atoms. The largest absolute Gasteiger partial charge is 0.493 e. The van der Waals surface area contributed by atoms with Crippen LogP contribution >= 0.6 is 33.2 Å². The van der Waals surface area contributed by atoms with Crippen molar-refractivity contribution in [3.8, 4) is 0 Å². The van der Waals surface area contributed by atoms with Crippen LogP contribution in [0.1, 0.15) is 6.42 Å². The fourth-order valence-corrected chi connectivity index (χ4v) is 1.31. The highest BCUT2D eigenvalue weighted by molar-refractivity contribution is 7.62. The SMILES string of the molecule is FC(F)(F)CCO[Si](Cl)(Cl)Cl. The Morgan fingerprint density at radius 1 is 1.18 bits per heavy atom. The molecule has 8 heteroatoms. The van der Waals surface area contributed by atoms with Crippen molar-refractivity contribution < 1.29 is 17.6 Å². The monoisotopic (exact) mass is 246 g/mol. The standard InChI is InChI=1S/C3H4Cl3F3OSi/c4-11(5,6)10-2-1-3(7,8)9/h1-2H2. The topological polar surface area (TPSA) is 9.23 Å². The first kappa shape index (κ1) is 11.8. The van der Waals surface area contributed by atoms with Crippen LogP contribution in [0, 0.1) is 0 Å². The van der Waals surface area contributed by atoms with E-state index in [-0.39, 0.29) is 0 Å². The fourth-order valence-electron chi connectivity index (χ4n) is 0.282. The molecule has 0 aromatic heterocycles. The molecule has 0 amide bonds. The fraction of sp³-hybridized carbons (Fsp3) is 1.00. The van der Waals surface area contributed by atoms with E-state index < -0.39 is 25.5 Å². The van der Waals surface area contributed by atoms with Crippen LogP contribution in [0.15, 0.2) is 0 Å². The molecule has 0 fully saturated rings. The van der Waals surface area contributed by atoms with Gasteiger partial charge < -0.3 is 4.43 Å². The molecule has 0 rings (SSSR count). The van der Waals surface area contributed by atoms with Crippen molar-refractivity contribution in [2.75, 3.05) is 6.61 Å². The van der Waals surface area contributed by atoms with Crippen LogP contribution in [0.4, 0.5) is 13.2 Å².